The van der Waals surface area contributed by atoms with Gasteiger partial charge < -0.3 is 19.6 Å². The predicted octanol–water partition coefficient (Wildman–Crippen LogP) is 2.69. The number of nitrogens with one attached hydrogen (secondary N) is 1. The van der Waals surface area contributed by atoms with E-state index in [1.165, 1.54) is 6.07 Å². The second-order valence-corrected chi connectivity index (χ2v) is 4.91. The number of rotatable bonds is 8. The average molecular weight is 269 g/mol. The van der Waals surface area contributed by atoms with Crippen LogP contribution in [0, 0.1) is 5.92 Å². The van der Waals surface area contributed by atoms with Crippen molar-refractivity contribution in [1.29, 1.82) is 0 Å². The molecular formula is C14H23NO4. The molecular weight excluding hydrogens is 246 g/mol. The van der Waals surface area contributed by atoms with Gasteiger partial charge in [0.05, 0.1) is 12.6 Å². The van der Waals surface area contributed by atoms with Gasteiger partial charge in [0, 0.05) is 12.6 Å². The molecule has 19 heavy (non-hydrogen) atoms. The Labute approximate surface area is 113 Å². The molecule has 0 saturated carbocycles. The molecule has 0 aliphatic carbocycles. The quantitative estimate of drug-likeness (QED) is 0.759. The molecule has 0 saturated heterocycles. The van der Waals surface area contributed by atoms with Crippen LogP contribution in [-0.2, 0) is 4.74 Å². The van der Waals surface area contributed by atoms with E-state index in [2.05, 4.69) is 19.2 Å². The molecule has 0 radical (unpaired) electrons. The zero-order valence-electron chi connectivity index (χ0n) is 12.0. The summed E-state index contributed by atoms with van der Waals surface area (Å²) in [5.74, 6) is -0.0369. The monoisotopic (exact) mass is 269 g/mol. The molecule has 1 rings (SSSR count). The van der Waals surface area contributed by atoms with E-state index in [-0.39, 0.29) is 17.8 Å². The molecule has 108 valence electrons. The maximum absolute atomic E-state index is 10.8. The lowest BCUT2D eigenvalue weighted by Crippen LogP contribution is -2.39. The van der Waals surface area contributed by atoms with Crippen molar-refractivity contribution in [2.45, 2.75) is 39.8 Å². The molecule has 0 amide bonds. The van der Waals surface area contributed by atoms with Crippen LogP contribution in [0.3, 0.4) is 0 Å². The van der Waals surface area contributed by atoms with Crippen molar-refractivity contribution < 1.29 is 19.1 Å². The summed E-state index contributed by atoms with van der Waals surface area (Å²) in [5, 5.41) is 12.2. The van der Waals surface area contributed by atoms with Gasteiger partial charge in [0.2, 0.25) is 5.76 Å². The molecule has 0 aliphatic rings. The van der Waals surface area contributed by atoms with Gasteiger partial charge in [-0.1, -0.05) is 13.8 Å². The van der Waals surface area contributed by atoms with Gasteiger partial charge in [0.1, 0.15) is 5.76 Å². The topological polar surface area (TPSA) is 71.7 Å². The Morgan fingerprint density at radius 3 is 2.58 bits per heavy atom. The summed E-state index contributed by atoms with van der Waals surface area (Å²) >= 11 is 0. The van der Waals surface area contributed by atoms with Gasteiger partial charge in [0.25, 0.3) is 0 Å². The second kappa shape index (κ2) is 7.31. The second-order valence-electron chi connectivity index (χ2n) is 4.91. The summed E-state index contributed by atoms with van der Waals surface area (Å²) in [5.41, 5.74) is 0. The summed E-state index contributed by atoms with van der Waals surface area (Å²) < 4.78 is 10.7. The van der Waals surface area contributed by atoms with Crippen molar-refractivity contribution in [2.75, 3.05) is 13.2 Å². The first-order chi connectivity index (χ1) is 8.95. The zero-order chi connectivity index (χ0) is 14.4. The molecule has 0 bridgehead atoms. The van der Waals surface area contributed by atoms with E-state index >= 15 is 0 Å². The molecule has 1 heterocycles. The molecule has 5 nitrogen and oxygen atoms in total. The Morgan fingerprint density at radius 1 is 1.42 bits per heavy atom. The van der Waals surface area contributed by atoms with Crippen LogP contribution in [-0.4, -0.2) is 30.3 Å². The van der Waals surface area contributed by atoms with Crippen molar-refractivity contribution in [3.05, 3.63) is 23.7 Å². The largest absolute Gasteiger partial charge is 0.475 e. The fourth-order valence-electron chi connectivity index (χ4n) is 1.78. The van der Waals surface area contributed by atoms with Gasteiger partial charge in [-0.05, 0) is 31.9 Å². The summed E-state index contributed by atoms with van der Waals surface area (Å²) in [6.07, 6.45) is 0. The standard InChI is InChI=1S/C14H23NO4/c1-5-18-8-11(9(2)3)15-10(4)12-6-7-13(19-12)14(16)17/h6-7,9-11,15H,5,8H2,1-4H3,(H,16,17). The zero-order valence-corrected chi connectivity index (χ0v) is 12.0. The minimum atomic E-state index is -1.05. The number of furan rings is 1. The van der Waals surface area contributed by atoms with Crippen LogP contribution >= 0.6 is 0 Å². The number of aromatic carboxylic acids is 1. The SMILES string of the molecule is CCOCC(NC(C)c1ccc(C(=O)O)o1)C(C)C. The van der Waals surface area contributed by atoms with Crippen molar-refractivity contribution in [2.24, 2.45) is 5.92 Å². The van der Waals surface area contributed by atoms with Gasteiger partial charge in [-0.2, -0.15) is 0 Å². The number of hydrogen-bond acceptors (Lipinski definition) is 4. The maximum atomic E-state index is 10.8. The first kappa shape index (κ1) is 15.7. The van der Waals surface area contributed by atoms with Crippen LogP contribution in [0.15, 0.2) is 16.5 Å². The molecule has 0 aromatic carbocycles. The highest BCUT2D eigenvalue weighted by Gasteiger charge is 2.20. The molecule has 0 aliphatic heterocycles. The molecule has 0 fully saturated rings. The van der Waals surface area contributed by atoms with E-state index in [0.717, 1.165) is 0 Å². The van der Waals surface area contributed by atoms with E-state index in [9.17, 15) is 4.79 Å². The number of hydrogen-bond donors (Lipinski definition) is 2. The molecule has 2 unspecified atom stereocenters. The van der Waals surface area contributed by atoms with Crippen molar-refractivity contribution in [1.82, 2.24) is 5.32 Å². The highest BCUT2D eigenvalue weighted by Crippen LogP contribution is 2.18. The number of carbonyl (C=O) groups is 1. The Morgan fingerprint density at radius 2 is 2.11 bits per heavy atom. The van der Waals surface area contributed by atoms with Gasteiger partial charge >= 0.3 is 5.97 Å². The van der Waals surface area contributed by atoms with E-state index < -0.39 is 5.97 Å². The first-order valence-corrected chi connectivity index (χ1v) is 6.62. The summed E-state index contributed by atoms with van der Waals surface area (Å²) in [4.78, 5) is 10.8. The molecule has 0 spiro atoms. The average Bonchev–Trinajstić information content (AvgIpc) is 2.83. The Bertz CT molecular complexity index is 400. The Balaban J connectivity index is 2.64. The number of ether oxygens (including phenoxy) is 1. The Kier molecular flexibility index (Phi) is 6.05. The van der Waals surface area contributed by atoms with E-state index in [0.29, 0.717) is 24.9 Å². The fraction of sp³-hybridized carbons (Fsp3) is 0.643. The Hall–Kier alpha value is -1.33. The summed E-state index contributed by atoms with van der Waals surface area (Å²) in [7, 11) is 0. The van der Waals surface area contributed by atoms with Crippen LogP contribution in [0.5, 0.6) is 0 Å². The van der Waals surface area contributed by atoms with Crippen LogP contribution in [0.2, 0.25) is 0 Å². The maximum Gasteiger partial charge on any atom is 0.371 e. The van der Waals surface area contributed by atoms with Crippen LogP contribution in [0.25, 0.3) is 0 Å². The van der Waals surface area contributed by atoms with E-state index in [4.69, 9.17) is 14.3 Å². The molecule has 2 atom stereocenters. The highest BCUT2D eigenvalue weighted by molar-refractivity contribution is 5.84. The summed E-state index contributed by atoms with van der Waals surface area (Å²) in [6.45, 7) is 9.47. The van der Waals surface area contributed by atoms with E-state index in [1.807, 2.05) is 13.8 Å². The molecule has 1 aromatic heterocycles. The van der Waals surface area contributed by atoms with Crippen molar-refractivity contribution >= 4 is 5.97 Å². The minimum Gasteiger partial charge on any atom is -0.475 e. The van der Waals surface area contributed by atoms with Crippen LogP contribution < -0.4 is 5.32 Å². The van der Waals surface area contributed by atoms with Gasteiger partial charge in [-0.25, -0.2) is 4.79 Å². The van der Waals surface area contributed by atoms with Crippen molar-refractivity contribution in [3.63, 3.8) is 0 Å². The third-order valence-corrected chi connectivity index (χ3v) is 3.03. The number of carboxylic acids is 1. The van der Waals surface area contributed by atoms with Crippen LogP contribution in [0.1, 0.15) is 50.1 Å². The smallest absolute Gasteiger partial charge is 0.371 e. The normalized spacial score (nSPS) is 14.6. The highest BCUT2D eigenvalue weighted by atomic mass is 16.5. The molecule has 2 N–H and O–H groups in total. The van der Waals surface area contributed by atoms with Gasteiger partial charge in [-0.15, -0.1) is 0 Å². The van der Waals surface area contributed by atoms with Gasteiger partial charge in [-0.3, -0.25) is 0 Å². The third-order valence-electron chi connectivity index (χ3n) is 3.03. The lowest BCUT2D eigenvalue weighted by Gasteiger charge is -2.25. The molecule has 5 heteroatoms. The molecule has 1 aromatic rings. The predicted molar refractivity (Wildman–Crippen MR) is 72.3 cm³/mol. The van der Waals surface area contributed by atoms with Crippen molar-refractivity contribution in [3.8, 4) is 0 Å². The fourth-order valence-corrected chi connectivity index (χ4v) is 1.78. The minimum absolute atomic E-state index is 0.0328. The third kappa shape index (κ3) is 4.69. The van der Waals surface area contributed by atoms with E-state index in [1.54, 1.807) is 6.07 Å². The number of carboxylic acid groups (broad SMARTS) is 1. The first-order valence-electron chi connectivity index (χ1n) is 6.62. The van der Waals surface area contributed by atoms with Gasteiger partial charge in [0.15, 0.2) is 0 Å². The summed E-state index contributed by atoms with van der Waals surface area (Å²) in [6, 6.07) is 3.32. The van der Waals surface area contributed by atoms with Crippen LogP contribution in [0.4, 0.5) is 0 Å². The lowest BCUT2D eigenvalue weighted by atomic mass is 10.0. The lowest BCUT2D eigenvalue weighted by molar-refractivity contribution is 0.0657.